The third-order valence-electron chi connectivity index (χ3n) is 3.32. The second kappa shape index (κ2) is 7.61. The molecule has 2 aromatic rings. The Morgan fingerprint density at radius 3 is 2.77 bits per heavy atom. The van der Waals surface area contributed by atoms with Gasteiger partial charge in [-0.15, -0.1) is 0 Å². The fraction of sp³-hybridized carbons (Fsp3) is 0.375. The predicted molar refractivity (Wildman–Crippen MR) is 84.5 cm³/mol. The number of benzene rings is 1. The molecule has 0 aliphatic carbocycles. The molecule has 2 N–H and O–H groups in total. The SMILES string of the molecule is COc1cccc(OC[C@@H](O)CNc2ncnc(C)c2C)c1. The fourth-order valence-corrected chi connectivity index (χ4v) is 1.87. The molecule has 6 heteroatoms. The highest BCUT2D eigenvalue weighted by Crippen LogP contribution is 2.19. The van der Waals surface area contributed by atoms with E-state index in [1.54, 1.807) is 13.2 Å². The van der Waals surface area contributed by atoms with Crippen LogP contribution in [0.25, 0.3) is 0 Å². The number of aliphatic hydroxyl groups is 1. The van der Waals surface area contributed by atoms with Crippen molar-refractivity contribution in [2.45, 2.75) is 20.0 Å². The molecule has 6 nitrogen and oxygen atoms in total. The van der Waals surface area contributed by atoms with Gasteiger partial charge in [-0.3, -0.25) is 0 Å². The van der Waals surface area contributed by atoms with E-state index >= 15 is 0 Å². The van der Waals surface area contributed by atoms with Crippen molar-refractivity contribution in [1.29, 1.82) is 0 Å². The molecule has 1 aromatic carbocycles. The molecule has 0 bridgehead atoms. The Labute approximate surface area is 130 Å². The number of aliphatic hydroxyl groups excluding tert-OH is 1. The number of nitrogens with zero attached hydrogens (tertiary/aromatic N) is 2. The Bertz CT molecular complexity index is 619. The number of anilines is 1. The van der Waals surface area contributed by atoms with E-state index in [4.69, 9.17) is 9.47 Å². The van der Waals surface area contributed by atoms with Crippen LogP contribution in [-0.4, -0.2) is 41.4 Å². The smallest absolute Gasteiger partial charge is 0.132 e. The summed E-state index contributed by atoms with van der Waals surface area (Å²) in [6.45, 7) is 4.39. The standard InChI is InChI=1S/C16H21N3O3/c1-11-12(2)18-10-19-16(11)17-8-13(20)9-22-15-6-4-5-14(7-15)21-3/h4-7,10,13,20H,8-9H2,1-3H3,(H,17,18,19)/t13-/m0/s1. The van der Waals surface area contributed by atoms with Gasteiger partial charge < -0.3 is 19.9 Å². The van der Waals surface area contributed by atoms with E-state index in [0.29, 0.717) is 12.3 Å². The van der Waals surface area contributed by atoms with Crippen LogP contribution in [0.2, 0.25) is 0 Å². The van der Waals surface area contributed by atoms with Crippen LogP contribution in [0.1, 0.15) is 11.3 Å². The zero-order chi connectivity index (χ0) is 15.9. The molecule has 2 rings (SSSR count). The Morgan fingerprint density at radius 1 is 1.23 bits per heavy atom. The molecule has 0 spiro atoms. The first-order valence-corrected chi connectivity index (χ1v) is 7.07. The van der Waals surface area contributed by atoms with Crippen molar-refractivity contribution in [2.75, 3.05) is 25.6 Å². The zero-order valence-electron chi connectivity index (χ0n) is 13.0. The highest BCUT2D eigenvalue weighted by atomic mass is 16.5. The van der Waals surface area contributed by atoms with Crippen molar-refractivity contribution >= 4 is 5.82 Å². The van der Waals surface area contributed by atoms with Crippen LogP contribution in [0.15, 0.2) is 30.6 Å². The highest BCUT2D eigenvalue weighted by molar-refractivity contribution is 5.44. The van der Waals surface area contributed by atoms with Crippen molar-refractivity contribution in [1.82, 2.24) is 9.97 Å². The van der Waals surface area contributed by atoms with E-state index in [0.717, 1.165) is 22.8 Å². The fourth-order valence-electron chi connectivity index (χ4n) is 1.87. The number of hydrogen-bond donors (Lipinski definition) is 2. The second-order valence-electron chi connectivity index (χ2n) is 4.96. The molecule has 0 aliphatic rings. The van der Waals surface area contributed by atoms with Crippen LogP contribution in [0.4, 0.5) is 5.82 Å². The van der Waals surface area contributed by atoms with Crippen molar-refractivity contribution in [2.24, 2.45) is 0 Å². The summed E-state index contributed by atoms with van der Waals surface area (Å²) in [7, 11) is 1.60. The summed E-state index contributed by atoms with van der Waals surface area (Å²) in [4.78, 5) is 8.27. The van der Waals surface area contributed by atoms with Gasteiger partial charge >= 0.3 is 0 Å². The summed E-state index contributed by atoms with van der Waals surface area (Å²) >= 11 is 0. The largest absolute Gasteiger partial charge is 0.497 e. The van der Waals surface area contributed by atoms with E-state index in [9.17, 15) is 5.11 Å². The first-order chi connectivity index (χ1) is 10.6. The van der Waals surface area contributed by atoms with E-state index < -0.39 is 6.10 Å². The topological polar surface area (TPSA) is 76.5 Å². The molecular formula is C16H21N3O3. The number of aromatic nitrogens is 2. The van der Waals surface area contributed by atoms with Gasteiger partial charge in [-0.25, -0.2) is 9.97 Å². The minimum atomic E-state index is -0.652. The lowest BCUT2D eigenvalue weighted by Gasteiger charge is -2.15. The van der Waals surface area contributed by atoms with Crippen LogP contribution in [-0.2, 0) is 0 Å². The highest BCUT2D eigenvalue weighted by Gasteiger charge is 2.08. The molecule has 1 atom stereocenters. The maximum atomic E-state index is 10.00. The van der Waals surface area contributed by atoms with Crippen molar-refractivity contribution < 1.29 is 14.6 Å². The van der Waals surface area contributed by atoms with E-state index in [1.807, 2.05) is 32.0 Å². The van der Waals surface area contributed by atoms with Crippen LogP contribution >= 0.6 is 0 Å². The molecule has 1 aromatic heterocycles. The Hall–Kier alpha value is -2.34. The lowest BCUT2D eigenvalue weighted by atomic mass is 10.2. The summed E-state index contributed by atoms with van der Waals surface area (Å²) in [5.74, 6) is 2.11. The number of hydrogen-bond acceptors (Lipinski definition) is 6. The van der Waals surface area contributed by atoms with Gasteiger partial charge in [-0.2, -0.15) is 0 Å². The van der Waals surface area contributed by atoms with E-state index in [2.05, 4.69) is 15.3 Å². The third kappa shape index (κ3) is 4.33. The van der Waals surface area contributed by atoms with E-state index in [1.165, 1.54) is 6.33 Å². The Kier molecular flexibility index (Phi) is 5.55. The normalized spacial score (nSPS) is 11.8. The summed E-state index contributed by atoms with van der Waals surface area (Å²) in [6.07, 6.45) is 0.852. The molecule has 22 heavy (non-hydrogen) atoms. The first-order valence-electron chi connectivity index (χ1n) is 7.07. The van der Waals surface area contributed by atoms with Crippen LogP contribution < -0.4 is 14.8 Å². The summed E-state index contributed by atoms with van der Waals surface area (Å²) in [6, 6.07) is 7.27. The van der Waals surface area contributed by atoms with Gasteiger partial charge in [-0.1, -0.05) is 6.07 Å². The van der Waals surface area contributed by atoms with Gasteiger partial charge in [0.2, 0.25) is 0 Å². The number of rotatable bonds is 7. The summed E-state index contributed by atoms with van der Waals surface area (Å²) in [5, 5.41) is 13.1. The number of ether oxygens (including phenoxy) is 2. The minimum Gasteiger partial charge on any atom is -0.497 e. The molecule has 0 unspecified atom stereocenters. The van der Waals surface area contributed by atoms with Crippen LogP contribution in [0.5, 0.6) is 11.5 Å². The first kappa shape index (κ1) is 16.0. The predicted octanol–water partition coefficient (Wildman–Crippen LogP) is 1.95. The molecule has 0 amide bonds. The minimum absolute atomic E-state index is 0.184. The monoisotopic (exact) mass is 303 g/mol. The van der Waals surface area contributed by atoms with Crippen molar-refractivity contribution in [3.05, 3.63) is 41.9 Å². The van der Waals surface area contributed by atoms with Gasteiger partial charge in [-0.05, 0) is 26.0 Å². The van der Waals surface area contributed by atoms with Crippen LogP contribution in [0.3, 0.4) is 0 Å². The maximum Gasteiger partial charge on any atom is 0.132 e. The number of methoxy groups -OCH3 is 1. The lowest BCUT2D eigenvalue weighted by Crippen LogP contribution is -2.27. The second-order valence-corrected chi connectivity index (χ2v) is 4.96. The maximum absolute atomic E-state index is 10.00. The van der Waals surface area contributed by atoms with Gasteiger partial charge in [0.15, 0.2) is 0 Å². The quantitative estimate of drug-likeness (QED) is 0.814. The van der Waals surface area contributed by atoms with Gasteiger partial charge in [0.25, 0.3) is 0 Å². The number of nitrogens with one attached hydrogen (secondary N) is 1. The molecular weight excluding hydrogens is 282 g/mol. The van der Waals surface area contributed by atoms with E-state index in [-0.39, 0.29) is 6.61 Å². The van der Waals surface area contributed by atoms with Crippen molar-refractivity contribution in [3.8, 4) is 11.5 Å². The molecule has 118 valence electrons. The Balaban J connectivity index is 1.82. The average molecular weight is 303 g/mol. The van der Waals surface area contributed by atoms with Gasteiger partial charge in [0.1, 0.15) is 36.4 Å². The summed E-state index contributed by atoms with van der Waals surface area (Å²) in [5.41, 5.74) is 1.89. The van der Waals surface area contributed by atoms with Gasteiger partial charge in [0, 0.05) is 23.9 Å². The van der Waals surface area contributed by atoms with Gasteiger partial charge in [0.05, 0.1) is 7.11 Å². The molecule has 0 radical (unpaired) electrons. The van der Waals surface area contributed by atoms with Crippen LogP contribution in [0, 0.1) is 13.8 Å². The molecule has 0 aliphatic heterocycles. The number of aryl methyl sites for hydroxylation is 1. The zero-order valence-corrected chi connectivity index (χ0v) is 13.0. The molecule has 1 heterocycles. The average Bonchev–Trinajstić information content (AvgIpc) is 2.54. The summed E-state index contributed by atoms with van der Waals surface area (Å²) < 4.78 is 10.7. The molecule has 0 saturated carbocycles. The molecule has 0 fully saturated rings. The third-order valence-corrected chi connectivity index (χ3v) is 3.32. The Morgan fingerprint density at radius 2 is 2.00 bits per heavy atom. The molecule has 0 saturated heterocycles. The lowest BCUT2D eigenvalue weighted by molar-refractivity contribution is 0.117. The van der Waals surface area contributed by atoms with Crippen molar-refractivity contribution in [3.63, 3.8) is 0 Å².